The third kappa shape index (κ3) is 5.04. The summed E-state index contributed by atoms with van der Waals surface area (Å²) in [7, 11) is 0. The van der Waals surface area contributed by atoms with Gasteiger partial charge in [0.05, 0.1) is 25.4 Å². The zero-order chi connectivity index (χ0) is 23.7. The van der Waals surface area contributed by atoms with Gasteiger partial charge in [-0.3, -0.25) is 14.3 Å². The lowest BCUT2D eigenvalue weighted by atomic mass is 10.1. The van der Waals surface area contributed by atoms with Crippen molar-refractivity contribution in [2.24, 2.45) is 5.73 Å². The molecule has 2 fully saturated rings. The fourth-order valence-corrected chi connectivity index (χ4v) is 3.79. The molecule has 0 unspecified atom stereocenters. The van der Waals surface area contributed by atoms with Crippen LogP contribution >= 0.6 is 0 Å². The van der Waals surface area contributed by atoms with Gasteiger partial charge in [0, 0.05) is 25.0 Å². The fraction of sp³-hybridized carbons (Fsp3) is 0.667. The van der Waals surface area contributed by atoms with Gasteiger partial charge in [-0.1, -0.05) is 5.21 Å². The van der Waals surface area contributed by atoms with Crippen molar-refractivity contribution in [2.75, 3.05) is 6.61 Å². The van der Waals surface area contributed by atoms with Crippen LogP contribution in [0.1, 0.15) is 5.69 Å². The highest BCUT2D eigenvalue weighted by molar-refractivity contribution is 4.95. The number of ether oxygens (including phenoxy) is 3. The van der Waals surface area contributed by atoms with Crippen molar-refractivity contribution >= 4 is 0 Å². The number of aliphatic hydroxyl groups is 4. The van der Waals surface area contributed by atoms with Crippen LogP contribution in [0.25, 0.3) is 0 Å². The third-order valence-electron chi connectivity index (χ3n) is 5.64. The van der Waals surface area contributed by atoms with E-state index < -0.39 is 60.3 Å². The van der Waals surface area contributed by atoms with E-state index >= 15 is 0 Å². The lowest BCUT2D eigenvalue weighted by molar-refractivity contribution is -0.187. The molecule has 0 radical (unpaired) electrons. The summed E-state index contributed by atoms with van der Waals surface area (Å²) in [6, 6.07) is 1.15. The molecule has 2 aliphatic heterocycles. The summed E-state index contributed by atoms with van der Waals surface area (Å²) in [6.45, 7) is -0.0777. The van der Waals surface area contributed by atoms with Gasteiger partial charge in [-0.15, -0.1) is 5.10 Å². The molecule has 15 heteroatoms. The number of aliphatic hydroxyl groups excluding tert-OH is 4. The third-order valence-corrected chi connectivity index (χ3v) is 5.64. The number of hydrogen-bond donors (Lipinski definition) is 6. The number of rotatable bonds is 8. The number of nitrogens with one attached hydrogen (secondary N) is 1. The molecule has 2 aromatic rings. The first-order valence-electron chi connectivity index (χ1n) is 10.3. The molecule has 15 nitrogen and oxygen atoms in total. The molecule has 2 aromatic heterocycles. The molecule has 8 atom stereocenters. The maximum atomic E-state index is 11.8. The quantitative estimate of drug-likeness (QED) is 0.214. The Morgan fingerprint density at radius 1 is 1.03 bits per heavy atom. The second-order valence-electron chi connectivity index (χ2n) is 7.95. The number of nitrogens with zero attached hydrogens (tertiary/aromatic N) is 4. The van der Waals surface area contributed by atoms with Crippen LogP contribution in [0.4, 0.5) is 0 Å². The average Bonchev–Trinajstić information content (AvgIpc) is 3.43. The van der Waals surface area contributed by atoms with Crippen molar-refractivity contribution in [3.8, 4) is 0 Å². The lowest BCUT2D eigenvalue weighted by Crippen LogP contribution is -2.39. The SMILES string of the molecule is NCc1cn(C[C@H]2O[C@@H](OC[C@H]3O[C@@H](Cn4ccc(=O)[nH]c4=O)[C@@H](O)[C@@H]3O)[C@H](O)[C@@H]2O)nn1. The van der Waals surface area contributed by atoms with Crippen LogP contribution in [0, 0.1) is 0 Å². The van der Waals surface area contributed by atoms with E-state index in [0.717, 1.165) is 10.6 Å². The normalized spacial score (nSPS) is 34.2. The van der Waals surface area contributed by atoms with E-state index in [1.807, 2.05) is 0 Å². The summed E-state index contributed by atoms with van der Waals surface area (Å²) in [5.41, 5.74) is 4.81. The molecule has 4 rings (SSSR count). The van der Waals surface area contributed by atoms with Crippen molar-refractivity contribution in [1.29, 1.82) is 0 Å². The molecule has 182 valence electrons. The van der Waals surface area contributed by atoms with Crippen molar-refractivity contribution in [3.05, 3.63) is 45.0 Å². The maximum absolute atomic E-state index is 11.8. The average molecular weight is 470 g/mol. The predicted molar refractivity (Wildman–Crippen MR) is 107 cm³/mol. The zero-order valence-electron chi connectivity index (χ0n) is 17.4. The first-order chi connectivity index (χ1) is 15.8. The molecule has 0 amide bonds. The Morgan fingerprint density at radius 3 is 2.42 bits per heavy atom. The van der Waals surface area contributed by atoms with Crippen molar-refractivity contribution in [2.45, 2.75) is 68.7 Å². The summed E-state index contributed by atoms with van der Waals surface area (Å²) < 4.78 is 19.3. The van der Waals surface area contributed by atoms with Gasteiger partial charge >= 0.3 is 5.69 Å². The minimum Gasteiger partial charge on any atom is -0.388 e. The van der Waals surface area contributed by atoms with Gasteiger partial charge in [0.1, 0.15) is 42.7 Å². The molecule has 4 heterocycles. The first-order valence-corrected chi connectivity index (χ1v) is 10.3. The summed E-state index contributed by atoms with van der Waals surface area (Å²) in [4.78, 5) is 25.1. The highest BCUT2D eigenvalue weighted by Gasteiger charge is 2.47. The maximum Gasteiger partial charge on any atom is 0.328 e. The Labute approximate surface area is 185 Å². The number of aromatic amines is 1. The van der Waals surface area contributed by atoms with Crippen molar-refractivity contribution in [3.63, 3.8) is 0 Å². The van der Waals surface area contributed by atoms with Crippen LogP contribution in [-0.2, 0) is 33.8 Å². The second-order valence-corrected chi connectivity index (χ2v) is 7.95. The second kappa shape index (κ2) is 9.78. The van der Waals surface area contributed by atoms with E-state index in [1.165, 1.54) is 10.9 Å². The Kier molecular flexibility index (Phi) is 7.01. The monoisotopic (exact) mass is 470 g/mol. The van der Waals surface area contributed by atoms with Crippen LogP contribution < -0.4 is 17.0 Å². The van der Waals surface area contributed by atoms with Crippen LogP contribution in [0.15, 0.2) is 28.0 Å². The molecule has 0 aliphatic carbocycles. The van der Waals surface area contributed by atoms with E-state index in [-0.39, 0.29) is 26.2 Å². The Hall–Kier alpha value is -2.50. The van der Waals surface area contributed by atoms with Gasteiger partial charge in [0.2, 0.25) is 0 Å². The van der Waals surface area contributed by atoms with Gasteiger partial charge in [-0.25, -0.2) is 9.48 Å². The summed E-state index contributed by atoms with van der Waals surface area (Å²) in [5.74, 6) is 0. The number of H-pyrrole nitrogens is 1. The topological polar surface area (TPSA) is 220 Å². The fourth-order valence-electron chi connectivity index (χ4n) is 3.79. The molecule has 2 saturated heterocycles. The van der Waals surface area contributed by atoms with Gasteiger partial charge in [-0.05, 0) is 0 Å². The van der Waals surface area contributed by atoms with E-state index in [2.05, 4.69) is 15.3 Å². The Morgan fingerprint density at radius 2 is 1.73 bits per heavy atom. The lowest BCUT2D eigenvalue weighted by Gasteiger charge is -2.20. The molecule has 0 bridgehead atoms. The van der Waals surface area contributed by atoms with Gasteiger partial charge in [0.25, 0.3) is 5.56 Å². The molecular weight excluding hydrogens is 444 g/mol. The molecule has 0 saturated carbocycles. The smallest absolute Gasteiger partial charge is 0.328 e. The van der Waals surface area contributed by atoms with Crippen LogP contribution in [0.2, 0.25) is 0 Å². The molecular formula is C18H26N6O9. The van der Waals surface area contributed by atoms with E-state index in [9.17, 15) is 30.0 Å². The Bertz CT molecular complexity index is 1060. The summed E-state index contributed by atoms with van der Waals surface area (Å²) >= 11 is 0. The predicted octanol–water partition coefficient (Wildman–Crippen LogP) is -4.76. The number of aromatic nitrogens is 5. The minimum absolute atomic E-state index is 0.0996. The molecule has 7 N–H and O–H groups in total. The van der Waals surface area contributed by atoms with E-state index in [4.69, 9.17) is 19.9 Å². The number of hydrogen-bond acceptors (Lipinski definition) is 12. The Balaban J connectivity index is 1.32. The van der Waals surface area contributed by atoms with Crippen molar-refractivity contribution < 1.29 is 34.6 Å². The molecule has 0 aromatic carbocycles. The standard InChI is InChI=1S/C18H26N6O9/c19-3-8-4-24(22-21-8)6-10-14(27)16(29)17(33-10)31-7-11-15(28)13(26)9(32-11)5-23-2-1-12(25)20-18(23)30/h1-2,4,9-11,13-17,26-29H,3,5-7,19H2,(H,20,25,30)/t9-,10+,11+,13+,14+,15+,16+,17+/m0/s1. The van der Waals surface area contributed by atoms with Crippen LogP contribution in [0.3, 0.4) is 0 Å². The van der Waals surface area contributed by atoms with E-state index in [0.29, 0.717) is 5.69 Å². The molecule has 2 aliphatic rings. The van der Waals surface area contributed by atoms with Crippen molar-refractivity contribution in [1.82, 2.24) is 24.5 Å². The first kappa shape index (κ1) is 23.7. The van der Waals surface area contributed by atoms with Gasteiger partial charge in [0.15, 0.2) is 6.29 Å². The highest BCUT2D eigenvalue weighted by atomic mass is 16.7. The number of nitrogens with two attached hydrogens (primary N) is 1. The van der Waals surface area contributed by atoms with Gasteiger partial charge < -0.3 is 40.4 Å². The largest absolute Gasteiger partial charge is 0.388 e. The summed E-state index contributed by atoms with van der Waals surface area (Å²) in [5, 5.41) is 48.8. The molecule has 0 spiro atoms. The van der Waals surface area contributed by atoms with Gasteiger partial charge in [-0.2, -0.15) is 0 Å². The molecule has 33 heavy (non-hydrogen) atoms. The zero-order valence-corrected chi connectivity index (χ0v) is 17.4. The minimum atomic E-state index is -1.37. The summed E-state index contributed by atoms with van der Waals surface area (Å²) in [6.07, 6.45) is -6.43. The van der Waals surface area contributed by atoms with E-state index in [1.54, 1.807) is 6.20 Å². The van der Waals surface area contributed by atoms with Crippen LogP contribution in [0.5, 0.6) is 0 Å². The highest BCUT2D eigenvalue weighted by Crippen LogP contribution is 2.27. The van der Waals surface area contributed by atoms with Crippen LogP contribution in [-0.4, -0.2) is 101 Å².